The van der Waals surface area contributed by atoms with E-state index in [2.05, 4.69) is 0 Å². The molecule has 0 radical (unpaired) electrons. The lowest BCUT2D eigenvalue weighted by Crippen LogP contribution is -2.36. The number of rotatable bonds is 1. The van der Waals surface area contributed by atoms with E-state index in [9.17, 15) is 4.79 Å². The Hall–Kier alpha value is -0.240. The topological polar surface area (TPSA) is 26.3 Å². The first-order valence-corrected chi connectivity index (χ1v) is 5.44. The summed E-state index contributed by atoms with van der Waals surface area (Å²) in [7, 11) is 0. The van der Waals surface area contributed by atoms with Crippen molar-refractivity contribution in [1.29, 1.82) is 0 Å². The van der Waals surface area contributed by atoms with Crippen molar-refractivity contribution in [2.45, 2.75) is 51.0 Å². The molecule has 0 atom stereocenters. The van der Waals surface area contributed by atoms with Crippen LogP contribution in [0.1, 0.15) is 44.9 Å². The molecule has 0 heterocycles. The minimum absolute atomic E-state index is 0.0937. The quantitative estimate of drug-likeness (QED) is 0.609. The van der Waals surface area contributed by atoms with Gasteiger partial charge in [0.15, 0.2) is 0 Å². The highest BCUT2D eigenvalue weighted by Gasteiger charge is 2.40. The van der Waals surface area contributed by atoms with Gasteiger partial charge in [0.05, 0.1) is 0 Å². The predicted octanol–water partition coefficient (Wildman–Crippen LogP) is 3.47. The second-order valence-corrected chi connectivity index (χ2v) is 4.72. The standard InChI is InChI=1S/C10H15ClO2/c11-9(12)13-8-2-6-10(7-3-8)4-1-5-10/h8H,1-7H2. The van der Waals surface area contributed by atoms with Crippen molar-refractivity contribution in [1.82, 2.24) is 0 Å². The molecular weight excluding hydrogens is 188 g/mol. The van der Waals surface area contributed by atoms with E-state index >= 15 is 0 Å². The van der Waals surface area contributed by atoms with Gasteiger partial charge in [-0.3, -0.25) is 0 Å². The van der Waals surface area contributed by atoms with Crippen LogP contribution >= 0.6 is 11.6 Å². The Kier molecular flexibility index (Phi) is 2.50. The van der Waals surface area contributed by atoms with Crippen LogP contribution in [0.5, 0.6) is 0 Å². The molecule has 0 unspecified atom stereocenters. The molecule has 0 bridgehead atoms. The van der Waals surface area contributed by atoms with Gasteiger partial charge in [-0.05, 0) is 43.9 Å². The van der Waals surface area contributed by atoms with Crippen molar-refractivity contribution in [3.63, 3.8) is 0 Å². The van der Waals surface area contributed by atoms with Crippen LogP contribution in [0.3, 0.4) is 0 Å². The predicted molar refractivity (Wildman–Crippen MR) is 50.9 cm³/mol. The first kappa shape index (κ1) is 9.32. The summed E-state index contributed by atoms with van der Waals surface area (Å²) in [6, 6.07) is 0. The maximum absolute atomic E-state index is 10.5. The lowest BCUT2D eigenvalue weighted by Gasteiger charge is -2.46. The van der Waals surface area contributed by atoms with Crippen LogP contribution < -0.4 is 0 Å². The van der Waals surface area contributed by atoms with Gasteiger partial charge >= 0.3 is 5.43 Å². The molecule has 0 aromatic heterocycles. The smallest absolute Gasteiger partial charge is 0.404 e. The van der Waals surface area contributed by atoms with Gasteiger partial charge in [-0.2, -0.15) is 0 Å². The third kappa shape index (κ3) is 1.98. The Morgan fingerprint density at radius 1 is 1.23 bits per heavy atom. The van der Waals surface area contributed by atoms with Crippen molar-refractivity contribution >= 4 is 17.0 Å². The van der Waals surface area contributed by atoms with E-state index in [0.29, 0.717) is 5.41 Å². The van der Waals surface area contributed by atoms with Gasteiger partial charge in [0, 0.05) is 11.6 Å². The fourth-order valence-corrected chi connectivity index (χ4v) is 2.76. The fourth-order valence-electron chi connectivity index (χ4n) is 2.63. The van der Waals surface area contributed by atoms with Crippen molar-refractivity contribution in [3.05, 3.63) is 0 Å². The first-order chi connectivity index (χ1) is 6.20. The number of halogens is 1. The van der Waals surface area contributed by atoms with Crippen molar-refractivity contribution in [3.8, 4) is 0 Å². The second-order valence-electron chi connectivity index (χ2n) is 4.41. The van der Waals surface area contributed by atoms with Crippen LogP contribution in [-0.4, -0.2) is 11.5 Å². The summed E-state index contributed by atoms with van der Waals surface area (Å²) in [6.07, 6.45) is 8.72. The van der Waals surface area contributed by atoms with Crippen LogP contribution in [0.4, 0.5) is 4.79 Å². The molecule has 3 heteroatoms. The molecule has 2 fully saturated rings. The molecule has 2 aliphatic carbocycles. The van der Waals surface area contributed by atoms with Crippen LogP contribution in [0.15, 0.2) is 0 Å². The molecule has 2 saturated carbocycles. The molecule has 74 valence electrons. The summed E-state index contributed by atoms with van der Waals surface area (Å²) < 4.78 is 4.98. The Bertz CT molecular complexity index is 201. The molecule has 0 aromatic carbocycles. The highest BCUT2D eigenvalue weighted by molar-refractivity contribution is 6.61. The van der Waals surface area contributed by atoms with E-state index < -0.39 is 5.43 Å². The molecule has 13 heavy (non-hydrogen) atoms. The average molecular weight is 203 g/mol. The zero-order valence-corrected chi connectivity index (χ0v) is 8.48. The third-order valence-electron chi connectivity index (χ3n) is 3.67. The Labute approximate surface area is 83.6 Å². The zero-order valence-electron chi connectivity index (χ0n) is 7.72. The fraction of sp³-hybridized carbons (Fsp3) is 0.900. The normalized spacial score (nSPS) is 26.8. The summed E-state index contributed by atoms with van der Waals surface area (Å²) in [5, 5.41) is 0. The van der Waals surface area contributed by atoms with E-state index in [1.807, 2.05) is 0 Å². The molecule has 0 amide bonds. The minimum Gasteiger partial charge on any atom is -0.450 e. The summed E-state index contributed by atoms with van der Waals surface area (Å²) in [4.78, 5) is 10.5. The van der Waals surface area contributed by atoms with Gasteiger partial charge in [-0.15, -0.1) is 0 Å². The molecular formula is C10H15ClO2. The van der Waals surface area contributed by atoms with Gasteiger partial charge in [-0.1, -0.05) is 6.42 Å². The van der Waals surface area contributed by atoms with E-state index in [4.69, 9.17) is 16.3 Å². The summed E-state index contributed by atoms with van der Waals surface area (Å²) >= 11 is 5.17. The van der Waals surface area contributed by atoms with Crippen molar-refractivity contribution in [2.24, 2.45) is 5.41 Å². The van der Waals surface area contributed by atoms with Crippen LogP contribution in [0.25, 0.3) is 0 Å². The maximum atomic E-state index is 10.5. The molecule has 2 rings (SSSR count). The van der Waals surface area contributed by atoms with Crippen molar-refractivity contribution < 1.29 is 9.53 Å². The molecule has 0 aromatic rings. The minimum atomic E-state index is -0.644. The zero-order chi connectivity index (χ0) is 9.31. The lowest BCUT2D eigenvalue weighted by atomic mass is 9.60. The SMILES string of the molecule is O=C(Cl)OC1CCC2(CCC2)CC1. The van der Waals surface area contributed by atoms with Gasteiger partial charge in [0.2, 0.25) is 0 Å². The number of carbonyl (C=O) groups is 1. The first-order valence-electron chi connectivity index (χ1n) is 5.06. The lowest BCUT2D eigenvalue weighted by molar-refractivity contribution is 0.00918. The molecule has 0 N–H and O–H groups in total. The Morgan fingerprint density at radius 2 is 1.85 bits per heavy atom. The van der Waals surface area contributed by atoms with Crippen molar-refractivity contribution in [2.75, 3.05) is 0 Å². The number of hydrogen-bond acceptors (Lipinski definition) is 2. The molecule has 0 aliphatic heterocycles. The largest absolute Gasteiger partial charge is 0.450 e. The number of hydrogen-bond donors (Lipinski definition) is 0. The highest BCUT2D eigenvalue weighted by Crippen LogP contribution is 2.51. The number of carbonyl (C=O) groups excluding carboxylic acids is 1. The van der Waals surface area contributed by atoms with Crippen LogP contribution in [0.2, 0.25) is 0 Å². The third-order valence-corrected chi connectivity index (χ3v) is 3.76. The van der Waals surface area contributed by atoms with Gasteiger partial charge in [0.25, 0.3) is 0 Å². The molecule has 2 nitrogen and oxygen atoms in total. The Balaban J connectivity index is 1.79. The summed E-state index contributed by atoms with van der Waals surface area (Å²) in [5.41, 5.74) is -0.00978. The van der Waals surface area contributed by atoms with E-state index in [-0.39, 0.29) is 6.10 Å². The number of ether oxygens (including phenoxy) is 1. The van der Waals surface area contributed by atoms with Gasteiger partial charge in [-0.25, -0.2) is 4.79 Å². The maximum Gasteiger partial charge on any atom is 0.404 e. The van der Waals surface area contributed by atoms with Gasteiger partial charge < -0.3 is 4.74 Å². The molecule has 1 spiro atoms. The van der Waals surface area contributed by atoms with Gasteiger partial charge in [0.1, 0.15) is 6.10 Å². The Morgan fingerprint density at radius 3 is 2.23 bits per heavy atom. The summed E-state index contributed by atoms with van der Waals surface area (Å²) in [5.74, 6) is 0. The van der Waals surface area contributed by atoms with Crippen LogP contribution in [-0.2, 0) is 4.74 Å². The molecule has 0 saturated heterocycles. The summed E-state index contributed by atoms with van der Waals surface area (Å²) in [6.45, 7) is 0. The van der Waals surface area contributed by atoms with Crippen LogP contribution in [0, 0.1) is 5.41 Å². The average Bonchev–Trinajstić information content (AvgIpc) is 2.02. The molecule has 2 aliphatic rings. The van der Waals surface area contributed by atoms with E-state index in [1.165, 1.54) is 32.1 Å². The second kappa shape index (κ2) is 3.49. The van der Waals surface area contributed by atoms with E-state index in [0.717, 1.165) is 12.8 Å². The van der Waals surface area contributed by atoms with E-state index in [1.54, 1.807) is 0 Å². The monoisotopic (exact) mass is 202 g/mol. The highest BCUT2D eigenvalue weighted by atomic mass is 35.5.